The average molecular weight is 162 g/mol. The zero-order valence-electron chi connectivity index (χ0n) is 7.70. The molecule has 0 aliphatic carbocycles. The SMILES string of the molecule is CN(C)C(CO)(CO)N(C)C. The first-order chi connectivity index (χ1) is 5.01. The van der Waals surface area contributed by atoms with Gasteiger partial charge >= 0.3 is 0 Å². The lowest BCUT2D eigenvalue weighted by molar-refractivity contribution is -0.0778. The maximum absolute atomic E-state index is 9.07. The summed E-state index contributed by atoms with van der Waals surface area (Å²) < 4.78 is 0. The molecule has 0 rings (SSSR count). The zero-order chi connectivity index (χ0) is 9.07. The number of aliphatic hydroxyl groups is 2. The summed E-state index contributed by atoms with van der Waals surface area (Å²) in [4.78, 5) is 3.60. The highest BCUT2D eigenvalue weighted by atomic mass is 16.3. The third-order valence-corrected chi connectivity index (χ3v) is 2.17. The minimum Gasteiger partial charge on any atom is -0.393 e. The molecule has 0 aromatic heterocycles. The molecule has 68 valence electrons. The minimum absolute atomic E-state index is 0.0799. The summed E-state index contributed by atoms with van der Waals surface area (Å²) in [7, 11) is 7.30. The lowest BCUT2D eigenvalue weighted by Gasteiger charge is -2.42. The fraction of sp³-hybridized carbons (Fsp3) is 1.00. The first kappa shape index (κ1) is 10.8. The third-order valence-electron chi connectivity index (χ3n) is 2.17. The van der Waals surface area contributed by atoms with Crippen molar-refractivity contribution in [1.82, 2.24) is 9.80 Å². The summed E-state index contributed by atoms with van der Waals surface area (Å²) in [5, 5.41) is 18.1. The summed E-state index contributed by atoms with van der Waals surface area (Å²) in [5.74, 6) is 0. The Labute approximate surface area is 68.0 Å². The van der Waals surface area contributed by atoms with E-state index in [1.54, 1.807) is 9.80 Å². The summed E-state index contributed by atoms with van der Waals surface area (Å²) in [6.45, 7) is -0.160. The molecule has 0 saturated heterocycles. The van der Waals surface area contributed by atoms with Crippen LogP contribution in [0.2, 0.25) is 0 Å². The van der Waals surface area contributed by atoms with Crippen molar-refractivity contribution in [2.75, 3.05) is 41.4 Å². The molecule has 0 aliphatic rings. The van der Waals surface area contributed by atoms with Crippen LogP contribution in [0.4, 0.5) is 0 Å². The molecule has 0 heterocycles. The molecule has 0 bridgehead atoms. The van der Waals surface area contributed by atoms with Crippen LogP contribution in [0.5, 0.6) is 0 Å². The molecule has 0 aromatic carbocycles. The standard InChI is InChI=1S/C7H18N2O2/c1-8(2)7(5-10,6-11)9(3)4/h10-11H,5-6H2,1-4H3. The van der Waals surface area contributed by atoms with Gasteiger partial charge in [-0.25, -0.2) is 0 Å². The second-order valence-corrected chi connectivity index (χ2v) is 3.09. The Morgan fingerprint density at radius 2 is 1.18 bits per heavy atom. The van der Waals surface area contributed by atoms with Crippen molar-refractivity contribution in [3.63, 3.8) is 0 Å². The van der Waals surface area contributed by atoms with Crippen LogP contribution in [0, 0.1) is 0 Å². The molecule has 0 aliphatic heterocycles. The van der Waals surface area contributed by atoms with Crippen LogP contribution < -0.4 is 0 Å². The molecule has 0 radical (unpaired) electrons. The summed E-state index contributed by atoms with van der Waals surface area (Å²) in [6.07, 6.45) is 0. The molecular weight excluding hydrogens is 144 g/mol. The molecule has 0 spiro atoms. The predicted molar refractivity (Wildman–Crippen MR) is 44.3 cm³/mol. The van der Waals surface area contributed by atoms with Crippen molar-refractivity contribution >= 4 is 0 Å². The van der Waals surface area contributed by atoms with Crippen LogP contribution in [0.25, 0.3) is 0 Å². The van der Waals surface area contributed by atoms with Crippen molar-refractivity contribution in [2.45, 2.75) is 5.66 Å². The molecule has 4 nitrogen and oxygen atoms in total. The highest BCUT2D eigenvalue weighted by Crippen LogP contribution is 2.12. The van der Waals surface area contributed by atoms with E-state index in [0.29, 0.717) is 0 Å². The van der Waals surface area contributed by atoms with E-state index < -0.39 is 5.66 Å². The van der Waals surface area contributed by atoms with Gasteiger partial charge < -0.3 is 10.2 Å². The smallest absolute Gasteiger partial charge is 0.120 e. The van der Waals surface area contributed by atoms with E-state index in [1.165, 1.54) is 0 Å². The third kappa shape index (κ3) is 1.90. The Morgan fingerprint density at radius 1 is 0.909 bits per heavy atom. The maximum atomic E-state index is 9.07. The molecule has 0 aromatic rings. The van der Waals surface area contributed by atoms with Crippen molar-refractivity contribution in [3.05, 3.63) is 0 Å². The number of likely N-dealkylation sites (N-methyl/N-ethyl adjacent to an activating group) is 2. The lowest BCUT2D eigenvalue weighted by atomic mass is 10.1. The monoisotopic (exact) mass is 162 g/mol. The number of hydrogen-bond donors (Lipinski definition) is 2. The van der Waals surface area contributed by atoms with Crippen LogP contribution >= 0.6 is 0 Å². The summed E-state index contributed by atoms with van der Waals surface area (Å²) in [5.41, 5.74) is -0.639. The minimum atomic E-state index is -0.639. The summed E-state index contributed by atoms with van der Waals surface area (Å²) in [6, 6.07) is 0. The van der Waals surface area contributed by atoms with Gasteiger partial charge in [-0.15, -0.1) is 0 Å². The molecule has 0 saturated carbocycles. The van der Waals surface area contributed by atoms with E-state index in [9.17, 15) is 0 Å². The predicted octanol–water partition coefficient (Wildman–Crippen LogP) is -1.21. The van der Waals surface area contributed by atoms with Crippen molar-refractivity contribution in [1.29, 1.82) is 0 Å². The quantitative estimate of drug-likeness (QED) is 0.509. The Bertz CT molecular complexity index is 101. The Morgan fingerprint density at radius 3 is 1.18 bits per heavy atom. The molecule has 0 unspecified atom stereocenters. The molecule has 0 fully saturated rings. The van der Waals surface area contributed by atoms with E-state index in [-0.39, 0.29) is 13.2 Å². The molecular formula is C7H18N2O2. The molecule has 4 heteroatoms. The van der Waals surface area contributed by atoms with E-state index in [2.05, 4.69) is 0 Å². The first-order valence-corrected chi connectivity index (χ1v) is 3.58. The van der Waals surface area contributed by atoms with Gasteiger partial charge in [0, 0.05) is 0 Å². The molecule has 0 atom stereocenters. The van der Waals surface area contributed by atoms with Gasteiger partial charge in [-0.2, -0.15) is 0 Å². The normalized spacial score (nSPS) is 13.1. The Hall–Kier alpha value is -0.160. The van der Waals surface area contributed by atoms with Crippen LogP contribution in [-0.2, 0) is 0 Å². The number of rotatable bonds is 4. The summed E-state index contributed by atoms with van der Waals surface area (Å²) >= 11 is 0. The van der Waals surface area contributed by atoms with E-state index in [4.69, 9.17) is 10.2 Å². The van der Waals surface area contributed by atoms with Gasteiger partial charge in [0.1, 0.15) is 5.66 Å². The van der Waals surface area contributed by atoms with Gasteiger partial charge in [0.25, 0.3) is 0 Å². The molecule has 2 N–H and O–H groups in total. The fourth-order valence-electron chi connectivity index (χ4n) is 1.02. The van der Waals surface area contributed by atoms with Gasteiger partial charge in [-0.05, 0) is 28.2 Å². The Balaban J connectivity index is 4.46. The van der Waals surface area contributed by atoms with Gasteiger partial charge in [-0.1, -0.05) is 0 Å². The first-order valence-electron chi connectivity index (χ1n) is 3.58. The fourth-order valence-corrected chi connectivity index (χ4v) is 1.02. The largest absolute Gasteiger partial charge is 0.393 e. The highest BCUT2D eigenvalue weighted by molar-refractivity contribution is 4.83. The maximum Gasteiger partial charge on any atom is 0.120 e. The second-order valence-electron chi connectivity index (χ2n) is 3.09. The van der Waals surface area contributed by atoms with Gasteiger partial charge in [-0.3, -0.25) is 9.80 Å². The van der Waals surface area contributed by atoms with Crippen molar-refractivity contribution < 1.29 is 10.2 Å². The van der Waals surface area contributed by atoms with Crippen LogP contribution in [-0.4, -0.2) is 67.1 Å². The number of hydrogen-bond acceptors (Lipinski definition) is 4. The number of nitrogens with zero attached hydrogens (tertiary/aromatic N) is 2. The van der Waals surface area contributed by atoms with Gasteiger partial charge in [0.2, 0.25) is 0 Å². The molecule has 11 heavy (non-hydrogen) atoms. The van der Waals surface area contributed by atoms with E-state index in [1.807, 2.05) is 28.2 Å². The highest BCUT2D eigenvalue weighted by Gasteiger charge is 2.33. The van der Waals surface area contributed by atoms with Crippen molar-refractivity contribution in [2.24, 2.45) is 0 Å². The second kappa shape index (κ2) is 4.01. The Kier molecular flexibility index (Phi) is 3.96. The van der Waals surface area contributed by atoms with Crippen LogP contribution in [0.15, 0.2) is 0 Å². The van der Waals surface area contributed by atoms with Crippen LogP contribution in [0.3, 0.4) is 0 Å². The van der Waals surface area contributed by atoms with Gasteiger partial charge in [0.15, 0.2) is 0 Å². The zero-order valence-corrected chi connectivity index (χ0v) is 7.70. The van der Waals surface area contributed by atoms with Gasteiger partial charge in [0.05, 0.1) is 13.2 Å². The molecule has 0 amide bonds. The van der Waals surface area contributed by atoms with E-state index >= 15 is 0 Å². The lowest BCUT2D eigenvalue weighted by Crippen LogP contribution is -2.60. The van der Waals surface area contributed by atoms with Crippen molar-refractivity contribution in [3.8, 4) is 0 Å². The topological polar surface area (TPSA) is 46.9 Å². The van der Waals surface area contributed by atoms with Crippen LogP contribution in [0.1, 0.15) is 0 Å². The van der Waals surface area contributed by atoms with E-state index in [0.717, 1.165) is 0 Å². The average Bonchev–Trinajstić information content (AvgIpc) is 1.90. The number of aliphatic hydroxyl groups excluding tert-OH is 2.